The minimum atomic E-state index is -1.23. The van der Waals surface area contributed by atoms with Crippen molar-refractivity contribution in [1.82, 2.24) is 4.98 Å². The second kappa shape index (κ2) is 5.09. The molecule has 1 heterocycles. The third kappa shape index (κ3) is 4.21. The number of carbonyl (C=O) groups excluding carboxylic acids is 2. The van der Waals surface area contributed by atoms with Crippen molar-refractivity contribution < 1.29 is 14.7 Å². The summed E-state index contributed by atoms with van der Waals surface area (Å²) in [4.78, 5) is 25.3. The normalized spacial score (nSPS) is 9.67. The first-order valence-electron chi connectivity index (χ1n) is 4.51. The van der Waals surface area contributed by atoms with Gasteiger partial charge in [-0.25, -0.2) is 4.98 Å². The molecule has 5 nitrogen and oxygen atoms in total. The van der Waals surface area contributed by atoms with Crippen molar-refractivity contribution >= 4 is 17.7 Å². The van der Waals surface area contributed by atoms with E-state index in [2.05, 4.69) is 10.3 Å². The minimum Gasteiger partial charge on any atom is -0.550 e. The summed E-state index contributed by atoms with van der Waals surface area (Å²) in [5.41, 5.74) is 0.785. The number of aryl methyl sites for hydroxylation is 1. The zero-order valence-electron chi connectivity index (χ0n) is 8.32. The Labute approximate surface area is 87.1 Å². The summed E-state index contributed by atoms with van der Waals surface area (Å²) in [6.07, 6.45) is -0.379. The van der Waals surface area contributed by atoms with Crippen LogP contribution in [0.2, 0.25) is 0 Å². The molecule has 1 aromatic rings. The van der Waals surface area contributed by atoms with Gasteiger partial charge < -0.3 is 15.2 Å². The molecule has 0 radical (unpaired) electrons. The molecule has 1 rings (SSSR count). The number of nitrogens with one attached hydrogen (secondary N) is 1. The number of nitrogens with zero attached hydrogens (tertiary/aromatic N) is 1. The molecule has 5 heteroatoms. The molecule has 0 unspecified atom stereocenters. The average molecular weight is 207 g/mol. The van der Waals surface area contributed by atoms with E-state index < -0.39 is 5.97 Å². The fourth-order valence-electron chi connectivity index (χ4n) is 1.03. The summed E-state index contributed by atoms with van der Waals surface area (Å²) >= 11 is 0. The first-order valence-corrected chi connectivity index (χ1v) is 4.51. The van der Waals surface area contributed by atoms with Crippen LogP contribution in [-0.2, 0) is 9.59 Å². The Hall–Kier alpha value is -1.91. The molecule has 15 heavy (non-hydrogen) atoms. The average Bonchev–Trinajstić information content (AvgIpc) is 2.15. The highest BCUT2D eigenvalue weighted by molar-refractivity contribution is 5.91. The first kappa shape index (κ1) is 11.2. The van der Waals surface area contributed by atoms with Crippen LogP contribution >= 0.6 is 0 Å². The number of anilines is 1. The number of aliphatic carboxylic acids is 1. The molecule has 0 aliphatic heterocycles. The van der Waals surface area contributed by atoms with Gasteiger partial charge in [0.2, 0.25) is 5.91 Å². The summed E-state index contributed by atoms with van der Waals surface area (Å²) in [7, 11) is 0. The predicted octanol–water partition coefficient (Wildman–Crippen LogP) is -0.141. The quantitative estimate of drug-likeness (QED) is 0.744. The molecule has 0 aliphatic rings. The van der Waals surface area contributed by atoms with Crippen LogP contribution in [0.15, 0.2) is 18.2 Å². The van der Waals surface area contributed by atoms with E-state index >= 15 is 0 Å². The lowest BCUT2D eigenvalue weighted by molar-refractivity contribution is -0.305. The molecule has 0 aromatic carbocycles. The number of carbonyl (C=O) groups is 2. The Balaban J connectivity index is 2.48. The number of hydrogen-bond donors (Lipinski definition) is 1. The molecule has 0 saturated carbocycles. The fraction of sp³-hybridized carbons (Fsp3) is 0.300. The van der Waals surface area contributed by atoms with E-state index in [0.717, 1.165) is 5.69 Å². The Kier molecular flexibility index (Phi) is 3.79. The van der Waals surface area contributed by atoms with Crippen LogP contribution in [0, 0.1) is 6.92 Å². The van der Waals surface area contributed by atoms with Gasteiger partial charge in [0.25, 0.3) is 0 Å². The van der Waals surface area contributed by atoms with Crippen molar-refractivity contribution in [2.24, 2.45) is 0 Å². The Morgan fingerprint density at radius 1 is 1.40 bits per heavy atom. The lowest BCUT2D eigenvalue weighted by Crippen LogP contribution is -2.24. The Morgan fingerprint density at radius 2 is 2.13 bits per heavy atom. The van der Waals surface area contributed by atoms with Crippen LogP contribution in [0.25, 0.3) is 0 Å². The molecule has 1 amide bonds. The molecule has 80 valence electrons. The van der Waals surface area contributed by atoms with E-state index in [9.17, 15) is 14.7 Å². The van der Waals surface area contributed by atoms with Crippen molar-refractivity contribution in [2.75, 3.05) is 5.32 Å². The molecule has 0 fully saturated rings. The van der Waals surface area contributed by atoms with Crippen LogP contribution in [0.1, 0.15) is 18.5 Å². The molecule has 1 N–H and O–H groups in total. The lowest BCUT2D eigenvalue weighted by atomic mass is 10.3. The molecule has 0 atom stereocenters. The summed E-state index contributed by atoms with van der Waals surface area (Å²) in [5.74, 6) is -1.18. The zero-order chi connectivity index (χ0) is 11.3. The molecule has 0 bridgehead atoms. The predicted molar refractivity (Wildman–Crippen MR) is 51.8 cm³/mol. The third-order valence-corrected chi connectivity index (χ3v) is 1.71. The maximum absolute atomic E-state index is 11.2. The van der Waals surface area contributed by atoms with Gasteiger partial charge in [0.1, 0.15) is 5.82 Å². The highest BCUT2D eigenvalue weighted by Crippen LogP contribution is 2.04. The van der Waals surface area contributed by atoms with E-state index in [1.54, 1.807) is 25.1 Å². The summed E-state index contributed by atoms with van der Waals surface area (Å²) in [5, 5.41) is 12.6. The topological polar surface area (TPSA) is 82.1 Å². The molecule has 0 saturated heterocycles. The van der Waals surface area contributed by atoms with Gasteiger partial charge in [-0.15, -0.1) is 0 Å². The van der Waals surface area contributed by atoms with Crippen LogP contribution < -0.4 is 10.4 Å². The van der Waals surface area contributed by atoms with Gasteiger partial charge in [0.15, 0.2) is 0 Å². The van der Waals surface area contributed by atoms with Gasteiger partial charge >= 0.3 is 0 Å². The second-order valence-corrected chi connectivity index (χ2v) is 3.08. The van der Waals surface area contributed by atoms with E-state index in [-0.39, 0.29) is 18.7 Å². The smallest absolute Gasteiger partial charge is 0.225 e. The Morgan fingerprint density at radius 3 is 2.73 bits per heavy atom. The SMILES string of the molecule is Cc1cccc(NC(=O)CCC(=O)[O-])n1. The second-order valence-electron chi connectivity index (χ2n) is 3.08. The van der Waals surface area contributed by atoms with E-state index in [1.807, 2.05) is 0 Å². The Bertz CT molecular complexity index is 377. The van der Waals surface area contributed by atoms with Gasteiger partial charge in [-0.1, -0.05) is 6.07 Å². The van der Waals surface area contributed by atoms with Crippen LogP contribution in [0.3, 0.4) is 0 Å². The highest BCUT2D eigenvalue weighted by atomic mass is 16.4. The van der Waals surface area contributed by atoms with Crippen molar-refractivity contribution in [2.45, 2.75) is 19.8 Å². The van der Waals surface area contributed by atoms with Gasteiger partial charge in [0, 0.05) is 18.1 Å². The first-order chi connectivity index (χ1) is 7.08. The molecular formula is C10H11N2O3-. The van der Waals surface area contributed by atoms with Crippen molar-refractivity contribution in [3.63, 3.8) is 0 Å². The number of aromatic nitrogens is 1. The zero-order valence-corrected chi connectivity index (χ0v) is 8.32. The van der Waals surface area contributed by atoms with Gasteiger partial charge in [0.05, 0.1) is 0 Å². The number of carboxylic acid groups (broad SMARTS) is 1. The number of carboxylic acids is 1. The number of rotatable bonds is 4. The van der Waals surface area contributed by atoms with Crippen molar-refractivity contribution in [1.29, 1.82) is 0 Å². The van der Waals surface area contributed by atoms with Gasteiger partial charge in [-0.3, -0.25) is 4.79 Å². The molecule has 1 aromatic heterocycles. The van der Waals surface area contributed by atoms with E-state index in [0.29, 0.717) is 5.82 Å². The third-order valence-electron chi connectivity index (χ3n) is 1.71. The summed E-state index contributed by atoms with van der Waals surface area (Å²) < 4.78 is 0. The molecule has 0 spiro atoms. The number of hydrogen-bond acceptors (Lipinski definition) is 4. The fourth-order valence-corrected chi connectivity index (χ4v) is 1.03. The molecular weight excluding hydrogens is 196 g/mol. The highest BCUT2D eigenvalue weighted by Gasteiger charge is 2.02. The molecule has 0 aliphatic carbocycles. The van der Waals surface area contributed by atoms with Crippen LogP contribution in [-0.4, -0.2) is 16.9 Å². The van der Waals surface area contributed by atoms with Crippen molar-refractivity contribution in [3.8, 4) is 0 Å². The number of amides is 1. The summed E-state index contributed by atoms with van der Waals surface area (Å²) in [6, 6.07) is 5.21. The van der Waals surface area contributed by atoms with Gasteiger partial charge in [-0.05, 0) is 25.5 Å². The van der Waals surface area contributed by atoms with Crippen LogP contribution in [0.5, 0.6) is 0 Å². The maximum atomic E-state index is 11.2. The lowest BCUT2D eigenvalue weighted by Gasteiger charge is -2.05. The monoisotopic (exact) mass is 207 g/mol. The minimum absolute atomic E-state index is 0.0993. The largest absolute Gasteiger partial charge is 0.550 e. The maximum Gasteiger partial charge on any atom is 0.225 e. The number of pyridine rings is 1. The van der Waals surface area contributed by atoms with Gasteiger partial charge in [-0.2, -0.15) is 0 Å². The standard InChI is InChI=1S/C10H12N2O3/c1-7-3-2-4-8(11-7)12-9(13)5-6-10(14)15/h2-4H,5-6H2,1H3,(H,14,15)(H,11,12,13)/p-1. The summed E-state index contributed by atoms with van der Waals surface area (Å²) in [6.45, 7) is 1.80. The van der Waals surface area contributed by atoms with Crippen molar-refractivity contribution in [3.05, 3.63) is 23.9 Å². The van der Waals surface area contributed by atoms with E-state index in [1.165, 1.54) is 0 Å². The van der Waals surface area contributed by atoms with Crippen LogP contribution in [0.4, 0.5) is 5.82 Å². The van der Waals surface area contributed by atoms with E-state index in [4.69, 9.17) is 0 Å².